The monoisotopic (exact) mass is 753 g/mol. The third kappa shape index (κ3) is 4.92. The summed E-state index contributed by atoms with van der Waals surface area (Å²) in [6.07, 6.45) is 0. The Morgan fingerprint density at radius 3 is 1.85 bits per heavy atom. The van der Waals surface area contributed by atoms with Gasteiger partial charge in [-0.2, -0.15) is 0 Å². The van der Waals surface area contributed by atoms with Crippen LogP contribution in [0.5, 0.6) is 17.2 Å². The van der Waals surface area contributed by atoms with Gasteiger partial charge in [0.2, 0.25) is 0 Å². The molecule has 0 fully saturated rings. The maximum atomic E-state index is 6.89. The van der Waals surface area contributed by atoms with Gasteiger partial charge in [-0.25, -0.2) is 0 Å². The van der Waals surface area contributed by atoms with Crippen LogP contribution in [-0.2, 0) is 0 Å². The quantitative estimate of drug-likeness (QED) is 0.168. The van der Waals surface area contributed by atoms with Gasteiger partial charge in [0.15, 0.2) is 0 Å². The lowest BCUT2D eigenvalue weighted by atomic mass is 9.50. The number of para-hydroxylation sites is 4. The second-order valence-electron chi connectivity index (χ2n) is 15.6. The Morgan fingerprint density at radius 1 is 0.373 bits per heavy atom. The number of nitrogens with zero attached hydrogens (tertiary/aromatic N) is 1. The van der Waals surface area contributed by atoms with E-state index < -0.39 is 0 Å². The van der Waals surface area contributed by atoms with Crippen LogP contribution >= 0.6 is 0 Å². The Balaban J connectivity index is 0.879. The second-order valence-corrected chi connectivity index (χ2v) is 15.6. The van der Waals surface area contributed by atoms with E-state index in [4.69, 9.17) is 13.8 Å². The van der Waals surface area contributed by atoms with E-state index in [1.165, 1.54) is 21.8 Å². The Labute approximate surface area is 340 Å². The molecule has 2 aliphatic heterocycles. The molecule has 5 heteroatoms. The first-order valence-corrected chi connectivity index (χ1v) is 20.1. The molecule has 0 saturated heterocycles. The molecule has 13 rings (SSSR count). The van der Waals surface area contributed by atoms with Crippen molar-refractivity contribution in [1.82, 2.24) is 4.57 Å². The summed E-state index contributed by atoms with van der Waals surface area (Å²) in [6, 6.07) is 68.9. The maximum Gasteiger partial charge on any atom is 0.434 e. The average molecular weight is 754 g/mol. The largest absolute Gasteiger partial charge is 0.551 e. The number of hydrogen-bond donors (Lipinski definition) is 0. The van der Waals surface area contributed by atoms with Crippen molar-refractivity contribution in [1.29, 1.82) is 0 Å². The van der Waals surface area contributed by atoms with Gasteiger partial charge in [0.05, 0.1) is 11.0 Å². The van der Waals surface area contributed by atoms with Crippen LogP contribution in [0.4, 0.5) is 0 Å². The third-order valence-electron chi connectivity index (χ3n) is 12.3. The predicted octanol–water partition coefficient (Wildman–Crippen LogP) is 13.0. The van der Waals surface area contributed by atoms with Gasteiger partial charge in [-0.05, 0) is 112 Å². The summed E-state index contributed by atoms with van der Waals surface area (Å²) in [4.78, 5) is 0. The zero-order chi connectivity index (χ0) is 38.6. The first-order chi connectivity index (χ1) is 29.2. The third-order valence-corrected chi connectivity index (χ3v) is 12.3. The van der Waals surface area contributed by atoms with E-state index >= 15 is 0 Å². The van der Waals surface area contributed by atoms with E-state index in [0.29, 0.717) is 0 Å². The summed E-state index contributed by atoms with van der Waals surface area (Å²) in [5.41, 5.74) is 16.3. The highest BCUT2D eigenvalue weighted by molar-refractivity contribution is 6.84. The molecule has 0 N–H and O–H groups in total. The molecular formula is C54H32BNO3. The molecule has 274 valence electrons. The Morgan fingerprint density at radius 2 is 1.02 bits per heavy atom. The molecule has 2 aromatic heterocycles. The highest BCUT2D eigenvalue weighted by Crippen LogP contribution is 2.43. The molecule has 2 aliphatic rings. The SMILES string of the molecule is c1cc(-c2cc3c4c(c2)-c2ccccc2OB4c2cc(-c4ccc(-n5c6ccccc6c6ccccc65)cc4)ccc2O3)cc(-c2ccc3c(c2)oc2ccccc23)c1. The molecule has 0 spiro atoms. The topological polar surface area (TPSA) is 36.5 Å². The number of fused-ring (bicyclic) bond motifs is 10. The van der Waals surface area contributed by atoms with Crippen molar-refractivity contribution in [2.24, 2.45) is 0 Å². The normalized spacial score (nSPS) is 12.6. The average Bonchev–Trinajstić information content (AvgIpc) is 3.84. The number of ether oxygens (including phenoxy) is 1. The summed E-state index contributed by atoms with van der Waals surface area (Å²) in [7, 11) is 0. The number of rotatable bonds is 4. The summed E-state index contributed by atoms with van der Waals surface area (Å²) in [5, 5.41) is 4.78. The van der Waals surface area contributed by atoms with Crippen molar-refractivity contribution in [2.75, 3.05) is 0 Å². The van der Waals surface area contributed by atoms with Crippen LogP contribution in [0.3, 0.4) is 0 Å². The molecule has 9 aromatic carbocycles. The smallest absolute Gasteiger partial charge is 0.434 e. The fraction of sp³-hybridized carbons (Fsp3) is 0. The lowest BCUT2D eigenvalue weighted by Crippen LogP contribution is -2.53. The first kappa shape index (κ1) is 32.3. The first-order valence-electron chi connectivity index (χ1n) is 20.1. The van der Waals surface area contributed by atoms with Crippen LogP contribution < -0.4 is 20.3 Å². The standard InChI is InChI=1S/C54H32BNO3/c1-5-16-47-40(12-1)41-13-2-6-17-48(41)56(47)39-24-20-33(21-25-39)36-23-27-51-46(30-36)55-54-45(43-15-4-8-19-50(43)59-55)29-38(32-53(54)58-51)35-11-9-10-34(28-35)37-22-26-44-42-14-3-7-18-49(42)57-52(44)31-37/h1-32H. The molecular weight excluding hydrogens is 721 g/mol. The zero-order valence-electron chi connectivity index (χ0n) is 31.7. The molecule has 4 heterocycles. The van der Waals surface area contributed by atoms with Gasteiger partial charge in [-0.3, -0.25) is 0 Å². The van der Waals surface area contributed by atoms with Crippen molar-refractivity contribution >= 4 is 61.6 Å². The Kier molecular flexibility index (Phi) is 6.78. The summed E-state index contributed by atoms with van der Waals surface area (Å²) in [6.45, 7) is -0.314. The molecule has 0 saturated carbocycles. The highest BCUT2D eigenvalue weighted by atomic mass is 16.5. The predicted molar refractivity (Wildman–Crippen MR) is 242 cm³/mol. The van der Waals surface area contributed by atoms with Gasteiger partial charge in [-0.1, -0.05) is 121 Å². The van der Waals surface area contributed by atoms with Gasteiger partial charge in [-0.15, -0.1) is 0 Å². The van der Waals surface area contributed by atoms with Crippen molar-refractivity contribution in [3.63, 3.8) is 0 Å². The van der Waals surface area contributed by atoms with Crippen LogP contribution in [0.1, 0.15) is 0 Å². The molecule has 4 nitrogen and oxygen atoms in total. The summed E-state index contributed by atoms with van der Waals surface area (Å²) < 4.78 is 22.3. The summed E-state index contributed by atoms with van der Waals surface area (Å²) >= 11 is 0. The van der Waals surface area contributed by atoms with Gasteiger partial charge >= 0.3 is 6.92 Å². The minimum Gasteiger partial charge on any atom is -0.551 e. The second kappa shape index (κ2) is 12.4. The Hall–Kier alpha value is -7.76. The maximum absolute atomic E-state index is 6.89. The van der Waals surface area contributed by atoms with Crippen LogP contribution in [-0.4, -0.2) is 11.5 Å². The molecule has 11 aromatic rings. The van der Waals surface area contributed by atoms with Crippen molar-refractivity contribution in [2.45, 2.75) is 0 Å². The van der Waals surface area contributed by atoms with E-state index in [1.54, 1.807) is 0 Å². The summed E-state index contributed by atoms with van der Waals surface area (Å²) in [5.74, 6) is 2.50. The molecule has 0 amide bonds. The molecule has 0 aliphatic carbocycles. The number of benzene rings is 9. The van der Waals surface area contributed by atoms with Gasteiger partial charge in [0.25, 0.3) is 0 Å². The number of hydrogen-bond acceptors (Lipinski definition) is 3. The van der Waals surface area contributed by atoms with Crippen LogP contribution in [0.15, 0.2) is 199 Å². The van der Waals surface area contributed by atoms with Crippen LogP contribution in [0.2, 0.25) is 0 Å². The van der Waals surface area contributed by atoms with E-state index in [-0.39, 0.29) is 6.92 Å². The molecule has 0 atom stereocenters. The number of furan rings is 1. The highest BCUT2D eigenvalue weighted by Gasteiger charge is 2.41. The van der Waals surface area contributed by atoms with Crippen molar-refractivity contribution in [3.05, 3.63) is 194 Å². The van der Waals surface area contributed by atoms with Crippen molar-refractivity contribution < 1.29 is 13.8 Å². The lowest BCUT2D eigenvalue weighted by molar-refractivity contribution is 0.479. The van der Waals surface area contributed by atoms with Gasteiger partial charge in [0.1, 0.15) is 28.4 Å². The molecule has 0 radical (unpaired) electrons. The van der Waals surface area contributed by atoms with Gasteiger partial charge in [0, 0.05) is 43.7 Å². The fourth-order valence-electron chi connectivity index (χ4n) is 9.50. The van der Waals surface area contributed by atoms with Crippen LogP contribution in [0, 0.1) is 0 Å². The van der Waals surface area contributed by atoms with E-state index in [1.807, 2.05) is 18.2 Å². The minimum atomic E-state index is -0.314. The molecule has 59 heavy (non-hydrogen) atoms. The number of aromatic nitrogens is 1. The van der Waals surface area contributed by atoms with E-state index in [0.717, 1.165) is 100 Å². The minimum absolute atomic E-state index is 0.314. The molecule has 0 unspecified atom stereocenters. The lowest BCUT2D eigenvalue weighted by Gasteiger charge is -2.33. The van der Waals surface area contributed by atoms with Gasteiger partial charge < -0.3 is 18.4 Å². The molecule has 0 bridgehead atoms. The van der Waals surface area contributed by atoms with E-state index in [9.17, 15) is 0 Å². The van der Waals surface area contributed by atoms with Crippen LogP contribution in [0.25, 0.3) is 93.9 Å². The van der Waals surface area contributed by atoms with Crippen molar-refractivity contribution in [3.8, 4) is 67.4 Å². The fourth-order valence-corrected chi connectivity index (χ4v) is 9.50. The van der Waals surface area contributed by atoms with E-state index in [2.05, 4.69) is 180 Å². The Bertz CT molecular complexity index is 3470. The zero-order valence-corrected chi connectivity index (χ0v) is 31.7.